The Hall–Kier alpha value is -0.690. The molecule has 13 atom stereocenters. The molecule has 3 aliphatic carbocycles. The van der Waals surface area contributed by atoms with Gasteiger partial charge in [0.15, 0.2) is 0 Å². The quantitative estimate of drug-likeness (QED) is 0.450. The molecule has 0 aromatic rings. The fourth-order valence-corrected chi connectivity index (χ4v) is 8.95. The van der Waals surface area contributed by atoms with Gasteiger partial charge in [0.2, 0.25) is 0 Å². The number of hydrogen-bond donors (Lipinski definition) is 4. The van der Waals surface area contributed by atoms with E-state index in [4.69, 9.17) is 4.74 Å². The summed E-state index contributed by atoms with van der Waals surface area (Å²) in [5.74, 6) is 0.948. The van der Waals surface area contributed by atoms with E-state index in [1.807, 2.05) is 6.92 Å². The summed E-state index contributed by atoms with van der Waals surface area (Å²) in [4.78, 5) is 13.0. The number of hydrogen-bond acceptors (Lipinski definition) is 6. The number of rotatable bonds is 5. The van der Waals surface area contributed by atoms with Gasteiger partial charge in [0, 0.05) is 0 Å². The Bertz CT molecular complexity index is 755. The molecule has 0 bridgehead atoms. The Morgan fingerprint density at radius 3 is 2.21 bits per heavy atom. The zero-order valence-corrected chi connectivity index (χ0v) is 22.0. The zero-order valence-electron chi connectivity index (χ0n) is 22.0. The summed E-state index contributed by atoms with van der Waals surface area (Å²) >= 11 is 0. The van der Waals surface area contributed by atoms with Crippen LogP contribution in [0.2, 0.25) is 0 Å². The van der Waals surface area contributed by atoms with Crippen molar-refractivity contribution in [3.8, 4) is 0 Å². The first-order chi connectivity index (χ1) is 15.8. The van der Waals surface area contributed by atoms with E-state index in [-0.39, 0.29) is 52.8 Å². The third-order valence-corrected chi connectivity index (χ3v) is 11.5. The van der Waals surface area contributed by atoms with Crippen LogP contribution >= 0.6 is 0 Å². The lowest BCUT2D eigenvalue weighted by Gasteiger charge is -2.56. The molecule has 0 radical (unpaired) electrons. The number of aliphatic hydroxyl groups is 4. The van der Waals surface area contributed by atoms with Gasteiger partial charge in [-0.1, -0.05) is 41.5 Å². The Kier molecular flexibility index (Phi) is 7.23. The van der Waals surface area contributed by atoms with E-state index in [1.165, 1.54) is 0 Å². The van der Waals surface area contributed by atoms with Crippen LogP contribution < -0.4 is 0 Å². The number of esters is 1. The van der Waals surface area contributed by atoms with E-state index >= 15 is 0 Å². The van der Waals surface area contributed by atoms with Crippen molar-refractivity contribution >= 4 is 5.97 Å². The van der Waals surface area contributed by atoms with Crippen LogP contribution in [-0.2, 0) is 9.53 Å². The Labute approximate surface area is 205 Å². The Morgan fingerprint density at radius 2 is 1.56 bits per heavy atom. The minimum atomic E-state index is -0.867. The molecular formula is C28H48O6. The molecule has 6 nitrogen and oxygen atoms in total. The summed E-state index contributed by atoms with van der Waals surface area (Å²) in [5, 5.41) is 42.9. The van der Waals surface area contributed by atoms with Gasteiger partial charge in [0.25, 0.3) is 0 Å². The van der Waals surface area contributed by atoms with Gasteiger partial charge in [-0.05, 0) is 90.8 Å². The predicted octanol–water partition coefficient (Wildman–Crippen LogP) is 3.39. The van der Waals surface area contributed by atoms with Gasteiger partial charge < -0.3 is 25.2 Å². The number of carbonyl (C=O) groups is 1. The van der Waals surface area contributed by atoms with Crippen molar-refractivity contribution in [3.63, 3.8) is 0 Å². The molecular weight excluding hydrogens is 432 g/mol. The summed E-state index contributed by atoms with van der Waals surface area (Å²) in [7, 11) is 0. The van der Waals surface area contributed by atoms with E-state index in [2.05, 4.69) is 34.6 Å². The summed E-state index contributed by atoms with van der Waals surface area (Å²) in [6, 6.07) is 0. The molecule has 0 aromatic heterocycles. The lowest BCUT2D eigenvalue weighted by molar-refractivity contribution is -0.162. The maximum absolute atomic E-state index is 13.0. The third kappa shape index (κ3) is 4.05. The SMILES string of the molecule is CC(C)[C@H](C)[C@H](O)[C@H](O)[C@@H](C)[C@@H]1CC[C@H]2[C@H]3COC(=O)[C@H]4C[C@@H](O)[C@@H](O)C[C@]4(C)[C@@H]3CC[C@]12C. The van der Waals surface area contributed by atoms with Gasteiger partial charge in [0.1, 0.15) is 0 Å². The summed E-state index contributed by atoms with van der Waals surface area (Å²) in [6.07, 6.45) is 1.61. The highest BCUT2D eigenvalue weighted by molar-refractivity contribution is 5.74. The summed E-state index contributed by atoms with van der Waals surface area (Å²) in [5.41, 5.74) is -0.345. The normalized spacial score (nSPS) is 48.1. The van der Waals surface area contributed by atoms with Crippen LogP contribution in [0, 0.1) is 58.2 Å². The van der Waals surface area contributed by atoms with E-state index in [0.717, 1.165) is 25.7 Å². The summed E-state index contributed by atoms with van der Waals surface area (Å²) < 4.78 is 5.86. The van der Waals surface area contributed by atoms with Crippen LogP contribution in [0.4, 0.5) is 0 Å². The standard InChI is InChI=1S/C28H48O6/c1-14(2)15(3)24(31)25(32)16(4)18-7-8-19-17-13-34-26(33)21-11-22(29)23(30)12-28(21,6)20(17)9-10-27(18,19)5/h14-25,29-32H,7-13H2,1-6H3/t15-,16-,17+,18-,19-,20+,21+,22+,23-,24-,25+,27+,28+/m0/s1. The van der Waals surface area contributed by atoms with Crippen LogP contribution in [-0.4, -0.2) is 57.4 Å². The van der Waals surface area contributed by atoms with Crippen molar-refractivity contribution < 1.29 is 30.0 Å². The first-order valence-electron chi connectivity index (χ1n) is 13.7. The van der Waals surface area contributed by atoms with E-state index < -0.39 is 24.4 Å². The predicted molar refractivity (Wildman–Crippen MR) is 130 cm³/mol. The minimum absolute atomic E-state index is 0.00827. The van der Waals surface area contributed by atoms with Crippen LogP contribution in [0.25, 0.3) is 0 Å². The van der Waals surface area contributed by atoms with E-state index in [0.29, 0.717) is 30.8 Å². The van der Waals surface area contributed by atoms with E-state index in [1.54, 1.807) is 0 Å². The second-order valence-electron chi connectivity index (χ2n) is 13.3. The first-order valence-corrected chi connectivity index (χ1v) is 13.7. The molecule has 0 unspecified atom stereocenters. The molecule has 0 amide bonds. The van der Waals surface area contributed by atoms with Gasteiger partial charge in [-0.25, -0.2) is 0 Å². The van der Waals surface area contributed by atoms with Gasteiger partial charge in [0.05, 0.1) is 36.9 Å². The van der Waals surface area contributed by atoms with Crippen molar-refractivity contribution in [3.05, 3.63) is 0 Å². The van der Waals surface area contributed by atoms with Crippen molar-refractivity contribution in [2.24, 2.45) is 58.2 Å². The van der Waals surface area contributed by atoms with Crippen molar-refractivity contribution in [1.82, 2.24) is 0 Å². The molecule has 1 saturated heterocycles. The molecule has 1 heterocycles. The zero-order chi connectivity index (χ0) is 25.2. The highest BCUT2D eigenvalue weighted by atomic mass is 16.5. The first kappa shape index (κ1) is 26.4. The molecule has 4 rings (SSSR count). The van der Waals surface area contributed by atoms with Crippen molar-refractivity contribution in [1.29, 1.82) is 0 Å². The third-order valence-electron chi connectivity index (χ3n) is 11.5. The topological polar surface area (TPSA) is 107 Å². The second-order valence-corrected chi connectivity index (χ2v) is 13.3. The number of fused-ring (bicyclic) bond motifs is 5. The molecule has 6 heteroatoms. The Balaban J connectivity index is 1.58. The molecule has 0 aromatic carbocycles. The van der Waals surface area contributed by atoms with Gasteiger partial charge in [-0.15, -0.1) is 0 Å². The number of cyclic esters (lactones) is 1. The number of aliphatic hydroxyl groups excluding tert-OH is 4. The van der Waals surface area contributed by atoms with Gasteiger partial charge >= 0.3 is 5.97 Å². The van der Waals surface area contributed by atoms with Crippen LogP contribution in [0.5, 0.6) is 0 Å². The average Bonchev–Trinajstić information content (AvgIpc) is 3.09. The molecule has 4 N–H and O–H groups in total. The van der Waals surface area contributed by atoms with Gasteiger partial charge in [-0.3, -0.25) is 4.79 Å². The maximum Gasteiger partial charge on any atom is 0.309 e. The van der Waals surface area contributed by atoms with Crippen LogP contribution in [0.15, 0.2) is 0 Å². The smallest absolute Gasteiger partial charge is 0.309 e. The minimum Gasteiger partial charge on any atom is -0.465 e. The highest BCUT2D eigenvalue weighted by Crippen LogP contribution is 2.66. The molecule has 34 heavy (non-hydrogen) atoms. The molecule has 1 aliphatic heterocycles. The van der Waals surface area contributed by atoms with Gasteiger partial charge in [-0.2, -0.15) is 0 Å². The monoisotopic (exact) mass is 480 g/mol. The molecule has 3 saturated carbocycles. The largest absolute Gasteiger partial charge is 0.465 e. The average molecular weight is 481 g/mol. The molecule has 196 valence electrons. The number of ether oxygens (including phenoxy) is 1. The fraction of sp³-hybridized carbons (Fsp3) is 0.964. The lowest BCUT2D eigenvalue weighted by Crippen LogP contribution is -2.55. The highest BCUT2D eigenvalue weighted by Gasteiger charge is 2.63. The lowest BCUT2D eigenvalue weighted by atomic mass is 9.48. The Morgan fingerprint density at radius 1 is 0.912 bits per heavy atom. The molecule has 4 aliphatic rings. The maximum atomic E-state index is 13.0. The molecule has 0 spiro atoms. The number of carbonyl (C=O) groups excluding carboxylic acids is 1. The second kappa shape index (κ2) is 9.32. The van der Waals surface area contributed by atoms with E-state index in [9.17, 15) is 25.2 Å². The molecule has 4 fully saturated rings. The van der Waals surface area contributed by atoms with Crippen LogP contribution in [0.1, 0.15) is 80.1 Å². The van der Waals surface area contributed by atoms with Crippen molar-refractivity contribution in [2.45, 2.75) is 104 Å². The van der Waals surface area contributed by atoms with Crippen molar-refractivity contribution in [2.75, 3.05) is 6.61 Å². The fourth-order valence-electron chi connectivity index (χ4n) is 8.95. The van der Waals surface area contributed by atoms with Crippen LogP contribution in [0.3, 0.4) is 0 Å². The summed E-state index contributed by atoms with van der Waals surface area (Å²) in [6.45, 7) is 13.2.